The van der Waals surface area contributed by atoms with Gasteiger partial charge in [0.1, 0.15) is 0 Å². The highest BCUT2D eigenvalue weighted by atomic mass is 127. The molecule has 2 rings (SSSR count). The first-order valence-corrected chi connectivity index (χ1v) is 9.51. The van der Waals surface area contributed by atoms with Crippen molar-refractivity contribution in [3.8, 4) is 0 Å². The van der Waals surface area contributed by atoms with Gasteiger partial charge in [0, 0.05) is 41.5 Å². The highest BCUT2D eigenvalue weighted by molar-refractivity contribution is 14.0. The molecule has 2 nitrogen and oxygen atoms in total. The SMILES string of the molecule is CCCCC(CN1C=CN(CCCC)C1)c1ccc(Cl)cc1Cl.I. The van der Waals surface area contributed by atoms with Gasteiger partial charge in [-0.15, -0.1) is 24.0 Å². The Morgan fingerprint density at radius 1 is 1.04 bits per heavy atom. The van der Waals surface area contributed by atoms with Crippen LogP contribution in [0, 0.1) is 0 Å². The molecule has 0 saturated carbocycles. The number of nitrogens with zero attached hydrogens (tertiary/aromatic N) is 2. The molecule has 0 saturated heterocycles. The molecule has 0 fully saturated rings. The Bertz CT molecular complexity index is 522. The zero-order chi connectivity index (χ0) is 16.7. The predicted molar refractivity (Wildman–Crippen MR) is 116 cm³/mol. The number of halogens is 3. The summed E-state index contributed by atoms with van der Waals surface area (Å²) in [5.41, 5.74) is 1.23. The van der Waals surface area contributed by atoms with Gasteiger partial charge in [-0.1, -0.05) is 62.4 Å². The van der Waals surface area contributed by atoms with Gasteiger partial charge in [0.15, 0.2) is 0 Å². The minimum Gasteiger partial charge on any atom is -0.359 e. The van der Waals surface area contributed by atoms with E-state index in [1.807, 2.05) is 12.1 Å². The smallest absolute Gasteiger partial charge is 0.0893 e. The van der Waals surface area contributed by atoms with Gasteiger partial charge in [-0.05, 0) is 30.5 Å². The lowest BCUT2D eigenvalue weighted by molar-refractivity contribution is 0.248. The van der Waals surface area contributed by atoms with Crippen LogP contribution in [0.3, 0.4) is 0 Å². The molecule has 0 radical (unpaired) electrons. The van der Waals surface area contributed by atoms with Gasteiger partial charge in [-0.3, -0.25) is 0 Å². The molecule has 1 aromatic carbocycles. The summed E-state index contributed by atoms with van der Waals surface area (Å²) in [7, 11) is 0. The molecule has 0 N–H and O–H groups in total. The van der Waals surface area contributed by atoms with Crippen LogP contribution in [0.15, 0.2) is 30.6 Å². The molecule has 1 heterocycles. The largest absolute Gasteiger partial charge is 0.359 e. The summed E-state index contributed by atoms with van der Waals surface area (Å²) in [6.07, 6.45) is 10.5. The van der Waals surface area contributed by atoms with Gasteiger partial charge in [-0.2, -0.15) is 0 Å². The molecule has 1 aliphatic rings. The molecular weight excluding hydrogens is 454 g/mol. The quantitative estimate of drug-likeness (QED) is 0.360. The molecule has 0 aromatic heterocycles. The van der Waals surface area contributed by atoms with Crippen LogP contribution in [0.4, 0.5) is 0 Å². The zero-order valence-electron chi connectivity index (χ0n) is 14.7. The van der Waals surface area contributed by atoms with Gasteiger partial charge in [-0.25, -0.2) is 0 Å². The molecule has 136 valence electrons. The number of benzene rings is 1. The first kappa shape index (κ1) is 21.9. The maximum Gasteiger partial charge on any atom is 0.0893 e. The van der Waals surface area contributed by atoms with Crippen LogP contribution in [-0.2, 0) is 0 Å². The Morgan fingerprint density at radius 3 is 2.42 bits per heavy atom. The summed E-state index contributed by atoms with van der Waals surface area (Å²) >= 11 is 12.5. The molecular formula is C19H29Cl2IN2. The van der Waals surface area contributed by atoms with Crippen LogP contribution in [0.5, 0.6) is 0 Å². The predicted octanol–water partition coefficient (Wildman–Crippen LogP) is 6.73. The minimum atomic E-state index is 0. The Kier molecular flexibility index (Phi) is 10.5. The summed E-state index contributed by atoms with van der Waals surface area (Å²) < 4.78 is 0. The van der Waals surface area contributed by atoms with E-state index >= 15 is 0 Å². The third kappa shape index (κ3) is 6.64. The monoisotopic (exact) mass is 482 g/mol. The van der Waals surface area contributed by atoms with Crippen LogP contribution in [0.25, 0.3) is 0 Å². The first-order chi connectivity index (χ1) is 11.1. The molecule has 5 heteroatoms. The van der Waals surface area contributed by atoms with Crippen LogP contribution in [0.2, 0.25) is 10.0 Å². The van der Waals surface area contributed by atoms with Crippen LogP contribution >= 0.6 is 47.2 Å². The van der Waals surface area contributed by atoms with Crippen LogP contribution < -0.4 is 0 Å². The van der Waals surface area contributed by atoms with E-state index in [0.717, 1.165) is 31.2 Å². The van der Waals surface area contributed by atoms with E-state index in [1.54, 1.807) is 0 Å². The molecule has 0 spiro atoms. The zero-order valence-corrected chi connectivity index (χ0v) is 18.5. The first-order valence-electron chi connectivity index (χ1n) is 8.75. The summed E-state index contributed by atoms with van der Waals surface area (Å²) in [6, 6.07) is 5.92. The highest BCUT2D eigenvalue weighted by Gasteiger charge is 2.20. The van der Waals surface area contributed by atoms with Crippen molar-refractivity contribution in [1.29, 1.82) is 0 Å². The average Bonchev–Trinajstić information content (AvgIpc) is 2.97. The Hall–Kier alpha value is -0.130. The number of unbranched alkanes of at least 4 members (excludes halogenated alkanes) is 2. The lowest BCUT2D eigenvalue weighted by Gasteiger charge is -2.27. The van der Waals surface area contributed by atoms with Crippen molar-refractivity contribution in [2.45, 2.75) is 51.9 Å². The Morgan fingerprint density at radius 2 is 1.75 bits per heavy atom. The lowest BCUT2D eigenvalue weighted by Crippen LogP contribution is -2.29. The van der Waals surface area contributed by atoms with E-state index in [1.165, 1.54) is 31.2 Å². The van der Waals surface area contributed by atoms with E-state index in [2.05, 4.69) is 42.1 Å². The van der Waals surface area contributed by atoms with E-state index < -0.39 is 0 Å². The van der Waals surface area contributed by atoms with Crippen LogP contribution in [0.1, 0.15) is 57.4 Å². The van der Waals surface area contributed by atoms with E-state index in [0.29, 0.717) is 10.9 Å². The molecule has 1 aliphatic heterocycles. The molecule has 0 amide bonds. The van der Waals surface area contributed by atoms with E-state index in [-0.39, 0.29) is 24.0 Å². The van der Waals surface area contributed by atoms with Crippen molar-refractivity contribution < 1.29 is 0 Å². The second-order valence-corrected chi connectivity index (χ2v) is 7.23. The van der Waals surface area contributed by atoms with E-state index in [4.69, 9.17) is 23.2 Å². The maximum atomic E-state index is 6.45. The maximum absolute atomic E-state index is 6.45. The molecule has 1 unspecified atom stereocenters. The van der Waals surface area contributed by atoms with E-state index in [9.17, 15) is 0 Å². The van der Waals surface area contributed by atoms with Gasteiger partial charge >= 0.3 is 0 Å². The second-order valence-electron chi connectivity index (χ2n) is 6.38. The van der Waals surface area contributed by atoms with Crippen molar-refractivity contribution in [3.63, 3.8) is 0 Å². The topological polar surface area (TPSA) is 6.48 Å². The van der Waals surface area contributed by atoms with Crippen LogP contribution in [-0.4, -0.2) is 29.6 Å². The van der Waals surface area contributed by atoms with Crippen molar-refractivity contribution in [3.05, 3.63) is 46.2 Å². The molecule has 0 aliphatic carbocycles. The standard InChI is InChI=1S/C19H28Cl2N2.HI/c1-3-5-7-16(18-9-8-17(20)13-19(18)21)14-23-12-11-22(15-23)10-6-4-2;/h8-9,11-13,16H,3-7,10,14-15H2,1-2H3;1H. The fourth-order valence-electron chi connectivity index (χ4n) is 3.05. The number of rotatable bonds is 9. The fourth-order valence-corrected chi connectivity index (χ4v) is 3.62. The van der Waals surface area contributed by atoms with Crippen molar-refractivity contribution in [2.75, 3.05) is 19.8 Å². The summed E-state index contributed by atoms with van der Waals surface area (Å²) in [6.45, 7) is 7.63. The van der Waals surface area contributed by atoms with Gasteiger partial charge in [0.25, 0.3) is 0 Å². The molecule has 1 atom stereocenters. The summed E-state index contributed by atoms with van der Waals surface area (Å²) in [4.78, 5) is 4.80. The molecule has 24 heavy (non-hydrogen) atoms. The Balaban J connectivity index is 0.00000288. The number of hydrogen-bond donors (Lipinski definition) is 0. The summed E-state index contributed by atoms with van der Waals surface area (Å²) in [5.74, 6) is 0.454. The number of hydrogen-bond acceptors (Lipinski definition) is 2. The van der Waals surface area contributed by atoms with Crippen molar-refractivity contribution in [2.24, 2.45) is 0 Å². The third-order valence-corrected chi connectivity index (χ3v) is 4.98. The fraction of sp³-hybridized carbons (Fsp3) is 0.579. The molecule has 0 bridgehead atoms. The van der Waals surface area contributed by atoms with Crippen molar-refractivity contribution in [1.82, 2.24) is 9.80 Å². The second kappa shape index (κ2) is 11.5. The van der Waals surface area contributed by atoms with Gasteiger partial charge in [0.05, 0.1) is 6.67 Å². The lowest BCUT2D eigenvalue weighted by atomic mass is 9.93. The summed E-state index contributed by atoms with van der Waals surface area (Å²) in [5, 5.41) is 1.50. The van der Waals surface area contributed by atoms with Gasteiger partial charge in [0.2, 0.25) is 0 Å². The van der Waals surface area contributed by atoms with Crippen molar-refractivity contribution >= 4 is 47.2 Å². The molecule has 1 aromatic rings. The Labute approximate surface area is 174 Å². The normalized spacial score (nSPS) is 14.8. The highest BCUT2D eigenvalue weighted by Crippen LogP contribution is 2.32. The average molecular weight is 483 g/mol. The minimum absolute atomic E-state index is 0. The third-order valence-electron chi connectivity index (χ3n) is 4.41. The van der Waals surface area contributed by atoms with Gasteiger partial charge < -0.3 is 9.80 Å².